The standard InChI is InChI=1S/C11H14ClN3O4S/c12-9-5-8(6-13-11(9)17)20(18,19)14-4-3-10(16)15-7-1-2-7/h5-7,14H,1-4H2,(H,13,17)(H,15,16). The van der Waals surface area contributed by atoms with Gasteiger partial charge in [-0.15, -0.1) is 0 Å². The molecule has 0 spiro atoms. The molecule has 110 valence electrons. The molecule has 1 saturated carbocycles. The van der Waals surface area contributed by atoms with Crippen molar-refractivity contribution in [2.24, 2.45) is 0 Å². The molecule has 0 radical (unpaired) electrons. The van der Waals surface area contributed by atoms with Crippen LogP contribution in [-0.4, -0.2) is 31.9 Å². The number of pyridine rings is 1. The number of carbonyl (C=O) groups is 1. The number of H-pyrrole nitrogens is 1. The first-order valence-corrected chi connectivity index (χ1v) is 7.92. The van der Waals surface area contributed by atoms with Crippen molar-refractivity contribution in [1.29, 1.82) is 0 Å². The van der Waals surface area contributed by atoms with Crippen LogP contribution in [0.3, 0.4) is 0 Å². The molecule has 0 aliphatic heterocycles. The van der Waals surface area contributed by atoms with E-state index in [9.17, 15) is 18.0 Å². The molecule has 0 unspecified atom stereocenters. The zero-order valence-corrected chi connectivity index (χ0v) is 12.1. The van der Waals surface area contributed by atoms with Crippen LogP contribution in [0.25, 0.3) is 0 Å². The smallest absolute Gasteiger partial charge is 0.266 e. The molecule has 2 rings (SSSR count). The quantitative estimate of drug-likeness (QED) is 0.684. The first kappa shape index (κ1) is 15.0. The van der Waals surface area contributed by atoms with Crippen molar-refractivity contribution in [3.63, 3.8) is 0 Å². The fraction of sp³-hybridized carbons (Fsp3) is 0.455. The van der Waals surface area contributed by atoms with E-state index in [1.165, 1.54) is 0 Å². The molecular weight excluding hydrogens is 306 g/mol. The van der Waals surface area contributed by atoms with Gasteiger partial charge in [0, 0.05) is 25.2 Å². The molecule has 0 atom stereocenters. The Labute approximate surface area is 120 Å². The normalized spacial score (nSPS) is 15.1. The summed E-state index contributed by atoms with van der Waals surface area (Å²) >= 11 is 5.57. The summed E-state index contributed by atoms with van der Waals surface area (Å²) < 4.78 is 26.1. The molecule has 1 aliphatic rings. The van der Waals surface area contributed by atoms with Gasteiger partial charge in [-0.3, -0.25) is 9.59 Å². The highest BCUT2D eigenvalue weighted by molar-refractivity contribution is 7.89. The van der Waals surface area contributed by atoms with Gasteiger partial charge >= 0.3 is 0 Å². The Hall–Kier alpha value is -1.38. The van der Waals surface area contributed by atoms with Crippen molar-refractivity contribution in [3.8, 4) is 0 Å². The third-order valence-electron chi connectivity index (χ3n) is 2.73. The maximum Gasteiger partial charge on any atom is 0.266 e. The molecule has 20 heavy (non-hydrogen) atoms. The van der Waals surface area contributed by atoms with Gasteiger partial charge in [0.15, 0.2) is 0 Å². The number of nitrogens with one attached hydrogen (secondary N) is 3. The molecule has 7 nitrogen and oxygen atoms in total. The Bertz CT molecular complexity index is 666. The summed E-state index contributed by atoms with van der Waals surface area (Å²) in [6.45, 7) is -0.0162. The average Bonchev–Trinajstić information content (AvgIpc) is 3.16. The van der Waals surface area contributed by atoms with Crippen molar-refractivity contribution in [2.45, 2.75) is 30.2 Å². The van der Waals surface area contributed by atoms with E-state index in [1.54, 1.807) is 0 Å². The van der Waals surface area contributed by atoms with E-state index in [0.29, 0.717) is 0 Å². The molecule has 1 aromatic heterocycles. The SMILES string of the molecule is O=C(CCNS(=O)(=O)c1c[nH]c(=O)c(Cl)c1)NC1CC1. The van der Waals surface area contributed by atoms with Crippen LogP contribution in [0.1, 0.15) is 19.3 Å². The third kappa shape index (κ3) is 4.06. The number of rotatable bonds is 6. The zero-order chi connectivity index (χ0) is 14.8. The topological polar surface area (TPSA) is 108 Å². The summed E-state index contributed by atoms with van der Waals surface area (Å²) in [5.74, 6) is -0.185. The second-order valence-electron chi connectivity index (χ2n) is 4.50. The minimum Gasteiger partial charge on any atom is -0.353 e. The second kappa shape index (κ2) is 5.94. The number of hydrogen-bond acceptors (Lipinski definition) is 4. The predicted molar refractivity (Wildman–Crippen MR) is 73.0 cm³/mol. The van der Waals surface area contributed by atoms with Gasteiger partial charge in [0.2, 0.25) is 15.9 Å². The maximum absolute atomic E-state index is 11.9. The predicted octanol–water partition coefficient (Wildman–Crippen LogP) is -0.0247. The van der Waals surface area contributed by atoms with Gasteiger partial charge in [-0.25, -0.2) is 13.1 Å². The van der Waals surface area contributed by atoms with Crippen LogP contribution in [0.15, 0.2) is 22.0 Å². The Morgan fingerprint density at radius 1 is 1.45 bits per heavy atom. The number of aromatic amines is 1. The summed E-state index contributed by atoms with van der Waals surface area (Å²) in [7, 11) is -3.79. The molecule has 0 aromatic carbocycles. The Morgan fingerprint density at radius 3 is 2.75 bits per heavy atom. The molecule has 0 bridgehead atoms. The number of aromatic nitrogens is 1. The van der Waals surface area contributed by atoms with E-state index in [2.05, 4.69) is 15.0 Å². The molecule has 0 saturated heterocycles. The van der Waals surface area contributed by atoms with Gasteiger partial charge < -0.3 is 10.3 Å². The van der Waals surface area contributed by atoms with Crippen LogP contribution in [0.4, 0.5) is 0 Å². The summed E-state index contributed by atoms with van der Waals surface area (Å²) in [6, 6.07) is 1.31. The summed E-state index contributed by atoms with van der Waals surface area (Å²) in [6.07, 6.45) is 3.08. The van der Waals surface area contributed by atoms with Crippen molar-refractivity contribution >= 4 is 27.5 Å². The van der Waals surface area contributed by atoms with E-state index >= 15 is 0 Å². The van der Waals surface area contributed by atoms with Gasteiger partial charge in [0.05, 0.1) is 4.90 Å². The molecule has 1 aliphatic carbocycles. The van der Waals surface area contributed by atoms with E-state index < -0.39 is 15.6 Å². The molecule has 1 amide bonds. The van der Waals surface area contributed by atoms with E-state index in [4.69, 9.17) is 11.6 Å². The highest BCUT2D eigenvalue weighted by Gasteiger charge is 2.23. The average molecular weight is 320 g/mol. The molecular formula is C11H14ClN3O4S. The summed E-state index contributed by atoms with van der Waals surface area (Å²) in [5, 5.41) is 2.55. The Kier molecular flexibility index (Phi) is 4.46. The monoisotopic (exact) mass is 319 g/mol. The Morgan fingerprint density at radius 2 is 2.15 bits per heavy atom. The minimum atomic E-state index is -3.79. The first-order chi connectivity index (χ1) is 9.38. The van der Waals surface area contributed by atoms with Crippen LogP contribution in [0.2, 0.25) is 5.02 Å². The molecule has 1 heterocycles. The largest absolute Gasteiger partial charge is 0.353 e. The van der Waals surface area contributed by atoms with E-state index in [0.717, 1.165) is 25.1 Å². The van der Waals surface area contributed by atoms with Crippen molar-refractivity contribution in [3.05, 3.63) is 27.6 Å². The lowest BCUT2D eigenvalue weighted by Crippen LogP contribution is -2.32. The molecule has 1 aromatic rings. The van der Waals surface area contributed by atoms with Gasteiger partial charge in [-0.2, -0.15) is 0 Å². The van der Waals surface area contributed by atoms with Crippen LogP contribution >= 0.6 is 11.6 Å². The van der Waals surface area contributed by atoms with Gasteiger partial charge in [0.25, 0.3) is 5.56 Å². The van der Waals surface area contributed by atoms with Crippen LogP contribution < -0.4 is 15.6 Å². The van der Waals surface area contributed by atoms with E-state index in [1.807, 2.05) is 0 Å². The van der Waals surface area contributed by atoms with Crippen LogP contribution in [-0.2, 0) is 14.8 Å². The van der Waals surface area contributed by atoms with Gasteiger partial charge in [-0.1, -0.05) is 11.6 Å². The lowest BCUT2D eigenvalue weighted by atomic mass is 10.4. The first-order valence-electron chi connectivity index (χ1n) is 6.06. The summed E-state index contributed by atoms with van der Waals surface area (Å²) in [5.41, 5.74) is -0.561. The minimum absolute atomic E-state index is 0.0162. The summed E-state index contributed by atoms with van der Waals surface area (Å²) in [4.78, 5) is 24.5. The molecule has 3 N–H and O–H groups in total. The van der Waals surface area contributed by atoms with Crippen molar-refractivity contribution in [1.82, 2.24) is 15.0 Å². The lowest BCUT2D eigenvalue weighted by molar-refractivity contribution is -0.121. The number of sulfonamides is 1. The van der Waals surface area contributed by atoms with Crippen molar-refractivity contribution < 1.29 is 13.2 Å². The fourth-order valence-electron chi connectivity index (χ4n) is 1.50. The fourth-order valence-corrected chi connectivity index (χ4v) is 2.76. The maximum atomic E-state index is 11.9. The van der Waals surface area contributed by atoms with Crippen LogP contribution in [0.5, 0.6) is 0 Å². The van der Waals surface area contributed by atoms with E-state index in [-0.39, 0.29) is 34.8 Å². The van der Waals surface area contributed by atoms with Gasteiger partial charge in [0.1, 0.15) is 5.02 Å². The highest BCUT2D eigenvalue weighted by atomic mass is 35.5. The Balaban J connectivity index is 1.91. The number of halogens is 1. The highest BCUT2D eigenvalue weighted by Crippen LogP contribution is 2.18. The third-order valence-corrected chi connectivity index (χ3v) is 4.45. The number of carbonyl (C=O) groups excluding carboxylic acids is 1. The van der Waals surface area contributed by atoms with Crippen LogP contribution in [0, 0.1) is 0 Å². The van der Waals surface area contributed by atoms with Crippen molar-refractivity contribution in [2.75, 3.05) is 6.54 Å². The zero-order valence-electron chi connectivity index (χ0n) is 10.5. The number of hydrogen-bond donors (Lipinski definition) is 3. The number of amides is 1. The molecule has 1 fully saturated rings. The molecule has 9 heteroatoms. The van der Waals surface area contributed by atoms with Gasteiger partial charge in [-0.05, 0) is 18.9 Å². The lowest BCUT2D eigenvalue weighted by Gasteiger charge is -2.07. The second-order valence-corrected chi connectivity index (χ2v) is 6.68.